The van der Waals surface area contributed by atoms with E-state index in [1.54, 1.807) is 4.90 Å². The number of pyridine rings is 1. The first-order chi connectivity index (χ1) is 16.9. The molecule has 0 spiro atoms. The first-order valence-electron chi connectivity index (χ1n) is 12.3. The van der Waals surface area contributed by atoms with Gasteiger partial charge in [0.25, 0.3) is 5.91 Å². The van der Waals surface area contributed by atoms with Crippen molar-refractivity contribution in [3.05, 3.63) is 36.0 Å². The highest BCUT2D eigenvalue weighted by Crippen LogP contribution is 2.32. The van der Waals surface area contributed by atoms with Crippen LogP contribution in [0.4, 0.5) is 15.3 Å². The van der Waals surface area contributed by atoms with Gasteiger partial charge >= 0.3 is 12.1 Å². The van der Waals surface area contributed by atoms with Crippen LogP contribution in [0.1, 0.15) is 37.8 Å². The van der Waals surface area contributed by atoms with Crippen LogP contribution in [0.25, 0.3) is 10.9 Å². The number of anilines is 1. The molecule has 1 saturated carbocycles. The molecule has 0 unspecified atom stereocenters. The van der Waals surface area contributed by atoms with E-state index in [4.69, 9.17) is 10.5 Å². The van der Waals surface area contributed by atoms with Crippen molar-refractivity contribution in [2.45, 2.75) is 44.6 Å². The van der Waals surface area contributed by atoms with Gasteiger partial charge in [0.05, 0.1) is 11.2 Å². The second-order valence-electron chi connectivity index (χ2n) is 9.33. The Balaban J connectivity index is 1.20. The monoisotopic (exact) mass is 482 g/mol. The Morgan fingerprint density at radius 3 is 2.51 bits per heavy atom. The molecule has 1 aromatic heterocycles. The fourth-order valence-electron chi connectivity index (χ4n) is 4.81. The summed E-state index contributed by atoms with van der Waals surface area (Å²) in [5, 5.41) is 6.71. The summed E-state index contributed by atoms with van der Waals surface area (Å²) >= 11 is 0. The molecule has 4 amide bonds. The normalized spacial score (nSPS) is 18.1. The molecule has 35 heavy (non-hydrogen) atoms. The molecule has 1 saturated heterocycles. The average Bonchev–Trinajstić information content (AvgIpc) is 2.85. The lowest BCUT2D eigenvalue weighted by Gasteiger charge is -2.38. The number of carbonyl (C=O) groups excluding carboxylic acids is 3. The zero-order chi connectivity index (χ0) is 24.8. The molecular weight excluding hydrogens is 448 g/mol. The number of ether oxygens (including phenoxy) is 1. The van der Waals surface area contributed by atoms with E-state index in [-0.39, 0.29) is 6.03 Å². The molecule has 1 aliphatic heterocycles. The molecule has 2 aromatic rings. The van der Waals surface area contributed by atoms with E-state index >= 15 is 0 Å². The maximum Gasteiger partial charge on any atom is 0.410 e. The minimum atomic E-state index is -1.16. The van der Waals surface area contributed by atoms with Crippen molar-refractivity contribution in [2.75, 3.05) is 44.6 Å². The second-order valence-corrected chi connectivity index (χ2v) is 9.33. The van der Waals surface area contributed by atoms with Gasteiger partial charge in [-0.2, -0.15) is 0 Å². The van der Waals surface area contributed by atoms with E-state index in [9.17, 15) is 14.4 Å². The Kier molecular flexibility index (Phi) is 7.70. The van der Waals surface area contributed by atoms with Gasteiger partial charge in [-0.25, -0.2) is 9.59 Å². The van der Waals surface area contributed by atoms with Crippen molar-refractivity contribution >= 4 is 34.6 Å². The van der Waals surface area contributed by atoms with Gasteiger partial charge in [0, 0.05) is 50.3 Å². The van der Waals surface area contributed by atoms with Crippen molar-refractivity contribution in [2.24, 2.45) is 5.73 Å². The van der Waals surface area contributed by atoms with Gasteiger partial charge in [-0.05, 0) is 44.7 Å². The summed E-state index contributed by atoms with van der Waals surface area (Å²) in [4.78, 5) is 45.4. The van der Waals surface area contributed by atoms with Crippen molar-refractivity contribution in [1.29, 1.82) is 0 Å². The number of primary amides is 1. The Hall–Kier alpha value is -3.40. The minimum Gasteiger partial charge on any atom is -0.433 e. The number of rotatable bonds is 6. The summed E-state index contributed by atoms with van der Waals surface area (Å²) in [6, 6.07) is 9.28. The van der Waals surface area contributed by atoms with E-state index in [2.05, 4.69) is 20.5 Å². The maximum atomic E-state index is 12.7. The lowest BCUT2D eigenvalue weighted by Crippen LogP contribution is -2.55. The quantitative estimate of drug-likeness (QED) is 0.580. The fraction of sp³-hybridized carbons (Fsp3) is 0.520. The number of hydrogen-bond donors (Lipinski definition) is 3. The Morgan fingerprint density at radius 2 is 1.80 bits per heavy atom. The average molecular weight is 483 g/mol. The molecule has 2 fully saturated rings. The summed E-state index contributed by atoms with van der Waals surface area (Å²) in [5.41, 5.74) is 6.81. The number of nitrogens with two attached hydrogens (primary N) is 1. The van der Waals surface area contributed by atoms with E-state index in [0.29, 0.717) is 52.1 Å². The third kappa shape index (κ3) is 6.00. The van der Waals surface area contributed by atoms with Crippen molar-refractivity contribution < 1.29 is 19.1 Å². The largest absolute Gasteiger partial charge is 0.433 e. The minimum absolute atomic E-state index is 0.271. The lowest BCUT2D eigenvalue weighted by molar-refractivity contribution is -0.141. The predicted octanol–water partition coefficient (Wildman–Crippen LogP) is 2.61. The smallest absolute Gasteiger partial charge is 0.410 e. The molecule has 2 aliphatic rings. The molecule has 0 bridgehead atoms. The molecule has 1 aromatic carbocycles. The van der Waals surface area contributed by atoms with Gasteiger partial charge < -0.3 is 26.0 Å². The molecule has 2 heterocycles. The van der Waals surface area contributed by atoms with E-state index in [1.807, 2.05) is 37.3 Å². The number of aryl methyl sites for hydroxylation is 1. The van der Waals surface area contributed by atoms with Gasteiger partial charge in [0.2, 0.25) is 0 Å². The number of fused-ring (bicyclic) bond motifs is 1. The number of urea groups is 1. The summed E-state index contributed by atoms with van der Waals surface area (Å²) in [5.74, 6) is -0.552. The highest BCUT2D eigenvalue weighted by Gasteiger charge is 2.43. The van der Waals surface area contributed by atoms with Gasteiger partial charge in [-0.15, -0.1) is 0 Å². The summed E-state index contributed by atoms with van der Waals surface area (Å²) in [7, 11) is 0. The van der Waals surface area contributed by atoms with Gasteiger partial charge in [0.15, 0.2) is 5.60 Å². The van der Waals surface area contributed by atoms with Crippen LogP contribution < -0.4 is 16.4 Å². The number of nitrogens with zero attached hydrogens (tertiary/aromatic N) is 3. The van der Waals surface area contributed by atoms with Crippen molar-refractivity contribution in [3.63, 3.8) is 0 Å². The molecule has 10 nitrogen and oxygen atoms in total. The molecular formula is C25H34N6O4. The topological polar surface area (TPSA) is 130 Å². The number of para-hydroxylation sites is 1. The fourth-order valence-corrected chi connectivity index (χ4v) is 4.81. The SMILES string of the molecule is Cc1cc(NC(=O)NCCN2CCN(C(=O)OC3(C(N)=O)CCCCC3)CC2)c2ccccc2n1. The van der Waals surface area contributed by atoms with Gasteiger partial charge in [-0.3, -0.25) is 14.7 Å². The highest BCUT2D eigenvalue weighted by atomic mass is 16.6. The number of hydrogen-bond acceptors (Lipinski definition) is 6. The lowest BCUT2D eigenvalue weighted by atomic mass is 9.84. The first-order valence-corrected chi connectivity index (χ1v) is 12.3. The molecule has 10 heteroatoms. The van der Waals surface area contributed by atoms with E-state index in [0.717, 1.165) is 41.5 Å². The first kappa shape index (κ1) is 24.7. The van der Waals surface area contributed by atoms with Crippen molar-refractivity contribution in [3.8, 4) is 0 Å². The number of piperazine rings is 1. The summed E-state index contributed by atoms with van der Waals surface area (Å²) < 4.78 is 5.65. The second kappa shape index (κ2) is 10.9. The Bertz CT molecular complexity index is 1080. The van der Waals surface area contributed by atoms with Crippen LogP contribution in [0.15, 0.2) is 30.3 Å². The number of carbonyl (C=O) groups is 3. The van der Waals surface area contributed by atoms with Gasteiger partial charge in [0.1, 0.15) is 0 Å². The Morgan fingerprint density at radius 1 is 1.09 bits per heavy atom. The van der Waals surface area contributed by atoms with Crippen LogP contribution in [0.3, 0.4) is 0 Å². The van der Waals surface area contributed by atoms with Crippen LogP contribution >= 0.6 is 0 Å². The molecule has 4 N–H and O–H groups in total. The van der Waals surface area contributed by atoms with E-state index in [1.165, 1.54) is 0 Å². The number of amides is 4. The zero-order valence-corrected chi connectivity index (χ0v) is 20.2. The number of aromatic nitrogens is 1. The van der Waals surface area contributed by atoms with Gasteiger partial charge in [-0.1, -0.05) is 24.6 Å². The number of nitrogens with one attached hydrogen (secondary N) is 2. The predicted molar refractivity (Wildman–Crippen MR) is 133 cm³/mol. The molecule has 1 aliphatic carbocycles. The maximum absolute atomic E-state index is 12.7. The number of benzene rings is 1. The van der Waals surface area contributed by atoms with Crippen molar-refractivity contribution in [1.82, 2.24) is 20.1 Å². The highest BCUT2D eigenvalue weighted by molar-refractivity contribution is 6.00. The molecule has 188 valence electrons. The zero-order valence-electron chi connectivity index (χ0n) is 20.2. The summed E-state index contributed by atoms with van der Waals surface area (Å²) in [6.45, 7) is 5.37. The van der Waals surface area contributed by atoms with Crippen LogP contribution in [0, 0.1) is 6.92 Å². The van der Waals surface area contributed by atoms with Crippen LogP contribution in [0.2, 0.25) is 0 Å². The van der Waals surface area contributed by atoms with Crippen LogP contribution in [0.5, 0.6) is 0 Å². The third-order valence-corrected chi connectivity index (χ3v) is 6.83. The van der Waals surface area contributed by atoms with E-state index < -0.39 is 17.6 Å². The standard InChI is InChI=1S/C25H34N6O4/c1-18-17-21(19-7-3-4-8-20(19)28-18)29-23(33)27-11-12-30-13-15-31(16-14-30)24(34)35-25(22(26)32)9-5-2-6-10-25/h3-4,7-8,17H,2,5-6,9-16H2,1H3,(H2,26,32)(H2,27,28,29,33). The Labute approximate surface area is 205 Å². The molecule has 0 radical (unpaired) electrons. The molecule has 0 atom stereocenters. The third-order valence-electron chi connectivity index (χ3n) is 6.83. The molecule has 4 rings (SSSR count). The van der Waals surface area contributed by atoms with Crippen LogP contribution in [-0.2, 0) is 9.53 Å². The summed E-state index contributed by atoms with van der Waals surface area (Å²) in [6.07, 6.45) is 3.22. The van der Waals surface area contributed by atoms with Crippen LogP contribution in [-0.4, -0.2) is 77.7 Å².